The molecule has 2 aliphatic rings. The third-order valence-corrected chi connectivity index (χ3v) is 5.17. The summed E-state index contributed by atoms with van der Waals surface area (Å²) in [6.07, 6.45) is 2.66. The second-order valence-electron chi connectivity index (χ2n) is 6.93. The van der Waals surface area contributed by atoms with Crippen molar-refractivity contribution in [2.24, 2.45) is 0 Å². The zero-order valence-electron chi connectivity index (χ0n) is 15.4. The molecule has 26 heavy (non-hydrogen) atoms. The van der Waals surface area contributed by atoms with Gasteiger partial charge in [-0.1, -0.05) is 30.3 Å². The van der Waals surface area contributed by atoms with E-state index in [2.05, 4.69) is 40.5 Å². The molecule has 3 rings (SSSR count). The number of piperidine rings is 1. The van der Waals surface area contributed by atoms with Gasteiger partial charge in [0.15, 0.2) is 0 Å². The number of morpholine rings is 1. The molecule has 2 heterocycles. The Morgan fingerprint density at radius 2 is 1.92 bits per heavy atom. The van der Waals surface area contributed by atoms with Crippen LogP contribution in [0, 0.1) is 0 Å². The van der Waals surface area contributed by atoms with Gasteiger partial charge in [0.2, 0.25) is 5.91 Å². The van der Waals surface area contributed by atoms with Crippen LogP contribution in [0.5, 0.6) is 0 Å². The molecule has 0 spiro atoms. The van der Waals surface area contributed by atoms with Crippen molar-refractivity contribution in [2.45, 2.75) is 37.9 Å². The molecule has 0 radical (unpaired) electrons. The number of benzene rings is 1. The van der Waals surface area contributed by atoms with Gasteiger partial charge in [-0.15, -0.1) is 24.8 Å². The first kappa shape index (κ1) is 23.2. The monoisotopic (exact) mass is 403 g/mol. The molecule has 7 heteroatoms. The highest BCUT2D eigenvalue weighted by atomic mass is 35.5. The minimum absolute atomic E-state index is 0. The molecule has 2 fully saturated rings. The summed E-state index contributed by atoms with van der Waals surface area (Å²) in [5.74, 6) is 0.236. The molecule has 1 aromatic carbocycles. The molecule has 2 aliphatic heterocycles. The summed E-state index contributed by atoms with van der Waals surface area (Å²) in [5, 5.41) is 3.36. The predicted octanol–water partition coefficient (Wildman–Crippen LogP) is 2.33. The minimum atomic E-state index is 0. The number of carbonyl (C=O) groups is 1. The smallest absolute Gasteiger partial charge is 0.224 e. The first-order chi connectivity index (χ1) is 11.7. The summed E-state index contributed by atoms with van der Waals surface area (Å²) >= 11 is 0. The highest BCUT2D eigenvalue weighted by molar-refractivity contribution is 5.85. The van der Waals surface area contributed by atoms with Crippen LogP contribution in [0.2, 0.25) is 0 Å². The fraction of sp³-hybridized carbons (Fsp3) is 0.632. The van der Waals surface area contributed by atoms with Gasteiger partial charge in [0.05, 0.1) is 13.2 Å². The number of nitrogens with one attached hydrogen (secondary N) is 1. The van der Waals surface area contributed by atoms with Crippen molar-refractivity contribution < 1.29 is 9.53 Å². The number of hydrogen-bond acceptors (Lipinski definition) is 4. The van der Waals surface area contributed by atoms with Crippen LogP contribution in [0.3, 0.4) is 0 Å². The number of likely N-dealkylation sites (tertiary alicyclic amines) is 1. The quantitative estimate of drug-likeness (QED) is 0.819. The van der Waals surface area contributed by atoms with Crippen molar-refractivity contribution in [1.82, 2.24) is 15.1 Å². The molecule has 0 aliphatic carbocycles. The molecular formula is C19H31Cl2N3O2. The van der Waals surface area contributed by atoms with Gasteiger partial charge >= 0.3 is 0 Å². The predicted molar refractivity (Wildman–Crippen MR) is 109 cm³/mol. The van der Waals surface area contributed by atoms with E-state index in [9.17, 15) is 4.79 Å². The lowest BCUT2D eigenvalue weighted by Crippen LogP contribution is -2.48. The van der Waals surface area contributed by atoms with Crippen LogP contribution in [0.15, 0.2) is 30.3 Å². The van der Waals surface area contributed by atoms with E-state index in [-0.39, 0.29) is 36.8 Å². The van der Waals surface area contributed by atoms with Gasteiger partial charge in [-0.25, -0.2) is 0 Å². The lowest BCUT2D eigenvalue weighted by atomic mass is 10.0. The Labute approximate surface area is 169 Å². The van der Waals surface area contributed by atoms with Gasteiger partial charge in [-0.2, -0.15) is 0 Å². The van der Waals surface area contributed by atoms with E-state index in [1.54, 1.807) is 0 Å². The largest absolute Gasteiger partial charge is 0.378 e. The molecule has 1 amide bonds. The van der Waals surface area contributed by atoms with E-state index in [0.717, 1.165) is 45.6 Å². The van der Waals surface area contributed by atoms with Crippen molar-refractivity contribution in [1.29, 1.82) is 0 Å². The van der Waals surface area contributed by atoms with Crippen molar-refractivity contribution in [3.63, 3.8) is 0 Å². The van der Waals surface area contributed by atoms with Gasteiger partial charge in [0.25, 0.3) is 0 Å². The van der Waals surface area contributed by atoms with Crippen molar-refractivity contribution in [3.05, 3.63) is 35.9 Å². The summed E-state index contributed by atoms with van der Waals surface area (Å²) in [6, 6.07) is 11.2. The van der Waals surface area contributed by atoms with Gasteiger partial charge in [-0.05, 0) is 18.4 Å². The number of hydrogen-bond donors (Lipinski definition) is 1. The second kappa shape index (κ2) is 11.8. The third-order valence-electron chi connectivity index (χ3n) is 5.17. The van der Waals surface area contributed by atoms with Crippen LogP contribution in [-0.4, -0.2) is 67.7 Å². The number of carbonyl (C=O) groups excluding carboxylic acids is 1. The van der Waals surface area contributed by atoms with Crippen molar-refractivity contribution in [3.8, 4) is 0 Å². The van der Waals surface area contributed by atoms with Crippen LogP contribution >= 0.6 is 24.8 Å². The van der Waals surface area contributed by atoms with E-state index < -0.39 is 0 Å². The maximum absolute atomic E-state index is 12.5. The normalized spacial score (nSPS) is 21.3. The Morgan fingerprint density at radius 3 is 2.54 bits per heavy atom. The average molecular weight is 404 g/mol. The highest BCUT2D eigenvalue weighted by Gasteiger charge is 2.27. The highest BCUT2D eigenvalue weighted by Crippen LogP contribution is 2.18. The molecule has 0 bridgehead atoms. The zero-order valence-corrected chi connectivity index (χ0v) is 17.1. The third kappa shape index (κ3) is 6.71. The summed E-state index contributed by atoms with van der Waals surface area (Å²) in [4.78, 5) is 17.0. The van der Waals surface area contributed by atoms with Gasteiger partial charge in [0.1, 0.15) is 0 Å². The maximum Gasteiger partial charge on any atom is 0.224 e. The summed E-state index contributed by atoms with van der Waals surface area (Å²) in [5.41, 5.74) is 1.36. The van der Waals surface area contributed by atoms with Gasteiger partial charge in [-0.3, -0.25) is 9.69 Å². The molecule has 1 N–H and O–H groups in total. The topological polar surface area (TPSA) is 44.8 Å². The Balaban J connectivity index is 0.00000169. The van der Waals surface area contributed by atoms with Crippen LogP contribution in [0.1, 0.15) is 24.8 Å². The second-order valence-corrected chi connectivity index (χ2v) is 6.93. The average Bonchev–Trinajstić information content (AvgIpc) is 2.63. The van der Waals surface area contributed by atoms with Crippen LogP contribution in [0.4, 0.5) is 0 Å². The fourth-order valence-corrected chi connectivity index (χ4v) is 3.62. The fourth-order valence-electron chi connectivity index (χ4n) is 3.62. The molecule has 2 saturated heterocycles. The molecule has 1 unspecified atom stereocenters. The Hall–Kier alpha value is -0.850. The Kier molecular flexibility index (Phi) is 10.5. The van der Waals surface area contributed by atoms with E-state index in [1.165, 1.54) is 5.56 Å². The Bertz CT molecular complexity index is 519. The SMILES string of the molecule is CN(C(=O)CC1COCCN1)C1CCN(Cc2ccccc2)CC1.Cl.Cl. The Morgan fingerprint density at radius 1 is 1.23 bits per heavy atom. The summed E-state index contributed by atoms with van der Waals surface area (Å²) in [6.45, 7) is 5.37. The van der Waals surface area contributed by atoms with Crippen LogP contribution in [-0.2, 0) is 16.1 Å². The van der Waals surface area contributed by atoms with E-state index in [4.69, 9.17) is 4.74 Å². The van der Waals surface area contributed by atoms with Gasteiger partial charge < -0.3 is 15.0 Å². The number of halogens is 2. The summed E-state index contributed by atoms with van der Waals surface area (Å²) < 4.78 is 5.44. The van der Waals surface area contributed by atoms with Gasteiger partial charge in [0, 0.05) is 51.7 Å². The molecule has 0 aromatic heterocycles. The standard InChI is InChI=1S/C19H29N3O2.2ClH/c1-21(19(23)13-17-15-24-12-9-20-17)18-7-10-22(11-8-18)14-16-5-3-2-4-6-16;;/h2-6,17-18,20H,7-15H2,1H3;2*1H. The van der Waals surface area contributed by atoms with Crippen LogP contribution < -0.4 is 5.32 Å². The van der Waals surface area contributed by atoms with E-state index >= 15 is 0 Å². The van der Waals surface area contributed by atoms with Crippen molar-refractivity contribution in [2.75, 3.05) is 39.9 Å². The maximum atomic E-state index is 12.5. The number of rotatable bonds is 5. The summed E-state index contributed by atoms with van der Waals surface area (Å²) in [7, 11) is 1.96. The number of ether oxygens (including phenoxy) is 1. The molecule has 5 nitrogen and oxygen atoms in total. The van der Waals surface area contributed by atoms with Crippen LogP contribution in [0.25, 0.3) is 0 Å². The lowest BCUT2D eigenvalue weighted by Gasteiger charge is -2.37. The minimum Gasteiger partial charge on any atom is -0.378 e. The zero-order chi connectivity index (χ0) is 16.8. The van der Waals surface area contributed by atoms with Crippen molar-refractivity contribution >= 4 is 30.7 Å². The molecule has 1 atom stereocenters. The van der Waals surface area contributed by atoms with E-state index in [0.29, 0.717) is 19.1 Å². The molecular weight excluding hydrogens is 373 g/mol. The lowest BCUT2D eigenvalue weighted by molar-refractivity contribution is -0.134. The molecule has 0 saturated carbocycles. The molecule has 1 aromatic rings. The first-order valence-electron chi connectivity index (χ1n) is 9.05. The first-order valence-corrected chi connectivity index (χ1v) is 9.05. The number of amides is 1. The molecule has 148 valence electrons. The van der Waals surface area contributed by atoms with E-state index in [1.807, 2.05) is 11.9 Å². The number of nitrogens with zero attached hydrogens (tertiary/aromatic N) is 2.